The smallest absolute Gasteiger partial charge is 0.310 e. The van der Waals surface area contributed by atoms with Crippen molar-refractivity contribution in [3.8, 4) is 0 Å². The molecule has 74 heavy (non-hydrogen) atoms. The van der Waals surface area contributed by atoms with Gasteiger partial charge in [0.2, 0.25) is 5.91 Å². The predicted octanol–water partition coefficient (Wildman–Crippen LogP) is 3.70. The maximum absolute atomic E-state index is 14.9. The number of fused-ring (bicyclic) bond motifs is 7. The van der Waals surface area contributed by atoms with Gasteiger partial charge in [-0.05, 0) is 147 Å². The van der Waals surface area contributed by atoms with Crippen LogP contribution < -0.4 is 11.1 Å². The zero-order valence-electron chi connectivity index (χ0n) is 44.2. The van der Waals surface area contributed by atoms with Crippen LogP contribution >= 0.6 is 0 Å². The summed E-state index contributed by atoms with van der Waals surface area (Å²) < 4.78 is 12.7. The lowest BCUT2D eigenvalue weighted by Crippen LogP contribution is -2.74. The number of aliphatic hydroxyl groups excluding tert-OH is 7. The lowest BCUT2D eigenvalue weighted by molar-refractivity contribution is -0.349. The van der Waals surface area contributed by atoms with Gasteiger partial charge in [-0.1, -0.05) is 59.1 Å². The largest absolute Gasteiger partial charge is 0.481 e. The molecule has 412 valence electrons. The van der Waals surface area contributed by atoms with Crippen LogP contribution in [0, 0.1) is 73.4 Å². The minimum absolute atomic E-state index is 0.00763. The molecule has 0 unspecified atom stereocenters. The molecule has 8 aliphatic rings. The molecule has 5 saturated carbocycles. The van der Waals surface area contributed by atoms with Gasteiger partial charge in [-0.2, -0.15) is 0 Å². The Labute approximate surface area is 435 Å². The number of carbonyl (C=O) groups is 2. The quantitative estimate of drug-likeness (QED) is 0.0894. The molecule has 21 atom stereocenters. The molecule has 2 saturated heterocycles. The van der Waals surface area contributed by atoms with E-state index < -0.39 is 105 Å². The number of H-pyrrole nitrogens is 2. The molecule has 1 spiro atoms. The third kappa shape index (κ3) is 7.82. The van der Waals surface area contributed by atoms with Gasteiger partial charge in [-0.25, -0.2) is 9.97 Å². The highest BCUT2D eigenvalue weighted by Gasteiger charge is 2.76. The Hall–Kier alpha value is -3.30. The number of aromatic amines is 2. The Balaban J connectivity index is 1.17. The maximum Gasteiger partial charge on any atom is 0.310 e. The SMILES string of the molecule is C[C@]1(CO)CC[C@]2(C(=O)O)C[C@@H](Cc3cnc[nH]3)[C@]3(C)C(=CC[C@@H]4[C@]5(C)[C@H](CC[C@]43C)[C@](C)([C@H](O)CO)[C@H](O[C@@H]3OC[C@@H](O)[C@H](O)[C@H]3O)[C@H](O)[C@H]5C[C@H]3[C@H]([C@H](CCCN)c4cnc[nH]4)NC(=O)C34CCCC4)[C@@H]2C1. The van der Waals surface area contributed by atoms with Crippen molar-refractivity contribution < 1.29 is 59.9 Å². The number of carboxylic acids is 1. The van der Waals surface area contributed by atoms with Crippen LogP contribution in [-0.4, -0.2) is 148 Å². The van der Waals surface area contributed by atoms with Gasteiger partial charge < -0.3 is 71.3 Å². The number of imidazole rings is 2. The van der Waals surface area contributed by atoms with Gasteiger partial charge in [-0.3, -0.25) is 9.59 Å². The summed E-state index contributed by atoms with van der Waals surface area (Å²) in [6.07, 6.45) is 8.13. The number of nitrogens with zero attached hydrogens (tertiary/aromatic N) is 2. The predicted molar refractivity (Wildman–Crippen MR) is 270 cm³/mol. The molecule has 1 amide bonds. The first-order valence-electron chi connectivity index (χ1n) is 27.9. The van der Waals surface area contributed by atoms with Crippen LogP contribution in [0.3, 0.4) is 0 Å². The second-order valence-electron chi connectivity index (χ2n) is 26.1. The fourth-order valence-electron chi connectivity index (χ4n) is 19.0. The third-order valence-corrected chi connectivity index (χ3v) is 23.2. The van der Waals surface area contributed by atoms with E-state index in [1.807, 2.05) is 19.3 Å². The summed E-state index contributed by atoms with van der Waals surface area (Å²) >= 11 is 0. The van der Waals surface area contributed by atoms with Gasteiger partial charge in [0.15, 0.2) is 6.29 Å². The van der Waals surface area contributed by atoms with Gasteiger partial charge >= 0.3 is 5.97 Å². The van der Waals surface area contributed by atoms with Crippen LogP contribution in [0.15, 0.2) is 36.7 Å². The summed E-state index contributed by atoms with van der Waals surface area (Å²) in [7, 11) is 0. The highest BCUT2D eigenvalue weighted by atomic mass is 16.7. The van der Waals surface area contributed by atoms with Gasteiger partial charge in [0.25, 0.3) is 0 Å². The lowest BCUT2D eigenvalue weighted by Gasteiger charge is -2.75. The monoisotopic (exact) mass is 1030 g/mol. The second kappa shape index (κ2) is 19.6. The number of allylic oxidation sites excluding steroid dienone is 2. The van der Waals surface area contributed by atoms with E-state index in [-0.39, 0.29) is 54.8 Å². The van der Waals surface area contributed by atoms with Gasteiger partial charge in [0, 0.05) is 47.8 Å². The first-order chi connectivity index (χ1) is 35.1. The van der Waals surface area contributed by atoms with E-state index in [0.29, 0.717) is 90.0 Å². The zero-order valence-corrected chi connectivity index (χ0v) is 44.2. The van der Waals surface area contributed by atoms with Crippen LogP contribution in [0.5, 0.6) is 0 Å². The van der Waals surface area contributed by atoms with E-state index >= 15 is 0 Å². The molecular weight excluding hydrogens is 949 g/mol. The van der Waals surface area contributed by atoms with Crippen LogP contribution in [0.4, 0.5) is 0 Å². The Kier molecular flexibility index (Phi) is 14.3. The van der Waals surface area contributed by atoms with Crippen molar-refractivity contribution in [3.63, 3.8) is 0 Å². The minimum atomic E-state index is -1.70. The molecule has 0 aromatic carbocycles. The number of ether oxygens (including phenoxy) is 2. The zero-order chi connectivity index (χ0) is 53.0. The van der Waals surface area contributed by atoms with Gasteiger partial charge in [-0.15, -0.1) is 0 Å². The number of hydrogen-bond acceptors (Lipinski definition) is 14. The number of nitrogens with two attached hydrogens (primary N) is 1. The molecule has 0 radical (unpaired) electrons. The summed E-state index contributed by atoms with van der Waals surface area (Å²) in [6.45, 7) is 10.3. The number of nitrogens with one attached hydrogen (secondary N) is 3. The average molecular weight is 1040 g/mol. The number of rotatable bonds is 15. The van der Waals surface area contributed by atoms with Crippen LogP contribution in [0.1, 0.15) is 142 Å². The number of aromatic nitrogens is 4. The molecule has 18 heteroatoms. The summed E-state index contributed by atoms with van der Waals surface area (Å²) in [4.78, 5) is 44.5. The molecule has 4 heterocycles. The number of aliphatic hydroxyl groups is 7. The molecule has 18 nitrogen and oxygen atoms in total. The highest BCUT2D eigenvalue weighted by molar-refractivity contribution is 5.86. The second-order valence-corrected chi connectivity index (χ2v) is 26.1. The van der Waals surface area contributed by atoms with Crippen molar-refractivity contribution in [3.05, 3.63) is 48.1 Å². The van der Waals surface area contributed by atoms with E-state index in [9.17, 15) is 50.4 Å². The molecule has 2 aromatic heterocycles. The van der Waals surface area contributed by atoms with Crippen LogP contribution in [0.2, 0.25) is 0 Å². The van der Waals surface area contributed by atoms with E-state index in [0.717, 1.165) is 29.8 Å². The first-order valence-corrected chi connectivity index (χ1v) is 27.9. The fraction of sp³-hybridized carbons (Fsp3) is 0.821. The molecule has 2 aromatic rings. The standard InChI is InChI=1S/C56H86N6O12/c1-50(27-64)16-17-56(49(71)72)21-30(19-31-23-58-28-60-31)54(5)33(36(56)22-50)10-11-39-51(54,2)15-12-40-52(39,3)35(43(67)46(53(40,4)41(66)25-63)74-47-45(69)44(68)38(65)26-73-47)20-34-42(62-48(70)55(34)13-6-7-14-55)32(9-8-18-57)37-24-59-29-61-37/h10,23-24,28-30,32,34-36,38-47,63-69H,6-9,11-22,25-27,57H2,1-5H3,(H,58,60)(H,59,61)(H,62,70)(H,71,72)/t30-,32-,34+,35-,36+,38-,39+,40+,41-,42+,43-,44+,45-,46-,47+,50+,51-,52-,53-,54-,56+/m1/s1. The number of carboxylic acid groups (broad SMARTS) is 1. The molecule has 13 N–H and O–H groups in total. The van der Waals surface area contributed by atoms with Crippen molar-refractivity contribution in [1.82, 2.24) is 25.3 Å². The summed E-state index contributed by atoms with van der Waals surface area (Å²) in [5.41, 5.74) is 3.43. The van der Waals surface area contributed by atoms with Crippen LogP contribution in [0.25, 0.3) is 0 Å². The first kappa shape index (κ1) is 54.1. The Morgan fingerprint density at radius 3 is 2.30 bits per heavy atom. The molecule has 6 aliphatic carbocycles. The van der Waals surface area contributed by atoms with Crippen LogP contribution in [-0.2, 0) is 25.5 Å². The summed E-state index contributed by atoms with van der Waals surface area (Å²) in [6, 6.07) is -0.364. The Bertz CT molecular complexity index is 2370. The summed E-state index contributed by atoms with van der Waals surface area (Å²) in [5, 5.41) is 96.4. The van der Waals surface area contributed by atoms with E-state index in [1.165, 1.54) is 0 Å². The Morgan fingerprint density at radius 2 is 1.65 bits per heavy atom. The lowest BCUT2D eigenvalue weighted by atomic mass is 9.30. The molecule has 7 fully saturated rings. The van der Waals surface area contributed by atoms with E-state index in [2.05, 4.69) is 59.0 Å². The number of hydrogen-bond donors (Lipinski definition) is 12. The maximum atomic E-state index is 14.9. The molecule has 10 rings (SSSR count). The topological polar surface area (TPSA) is 310 Å². The Morgan fingerprint density at radius 1 is 0.919 bits per heavy atom. The molecule has 0 bridgehead atoms. The van der Waals surface area contributed by atoms with Gasteiger partial charge in [0.05, 0.1) is 55.0 Å². The van der Waals surface area contributed by atoms with Crippen molar-refractivity contribution >= 4 is 11.9 Å². The van der Waals surface area contributed by atoms with Crippen molar-refractivity contribution in [2.45, 2.75) is 186 Å². The number of aliphatic carboxylic acids is 1. The molecular formula is C56H86N6O12. The number of amides is 1. The van der Waals surface area contributed by atoms with Crippen molar-refractivity contribution in [2.24, 2.45) is 79.1 Å². The normalized spacial score (nSPS) is 46.4. The summed E-state index contributed by atoms with van der Waals surface area (Å²) in [5.74, 6) is -3.07. The highest BCUT2D eigenvalue weighted by Crippen LogP contribution is 2.79. The number of carbonyl (C=O) groups excluding carboxylic acids is 1. The van der Waals surface area contributed by atoms with E-state index in [1.54, 1.807) is 12.7 Å². The average Bonchev–Trinajstić information content (AvgIpc) is 4.24. The molecule has 2 aliphatic heterocycles. The third-order valence-electron chi connectivity index (χ3n) is 23.2. The van der Waals surface area contributed by atoms with E-state index in [4.69, 9.17) is 15.2 Å². The van der Waals surface area contributed by atoms with Crippen molar-refractivity contribution in [2.75, 3.05) is 26.4 Å². The van der Waals surface area contributed by atoms with Crippen molar-refractivity contribution in [1.29, 1.82) is 0 Å². The van der Waals surface area contributed by atoms with Gasteiger partial charge in [0.1, 0.15) is 18.3 Å². The fourth-order valence-corrected chi connectivity index (χ4v) is 19.0. The minimum Gasteiger partial charge on any atom is -0.481 e.